The van der Waals surface area contributed by atoms with Gasteiger partial charge in [-0.3, -0.25) is 4.79 Å². The van der Waals surface area contributed by atoms with Crippen molar-refractivity contribution in [3.8, 4) is 0 Å². The van der Waals surface area contributed by atoms with Crippen LogP contribution in [-0.2, 0) is 0 Å². The summed E-state index contributed by atoms with van der Waals surface area (Å²) >= 11 is 6.69. The quantitative estimate of drug-likeness (QED) is 0.846. The molecule has 86 valence electrons. The molecule has 16 heavy (non-hydrogen) atoms. The molecule has 0 atom stereocenters. The smallest absolute Gasteiger partial charge is 0.254 e. The first-order valence-corrected chi connectivity index (χ1v) is 6.44. The van der Waals surface area contributed by atoms with Gasteiger partial charge in [0, 0.05) is 14.5 Å². The number of hydrogen-bond acceptors (Lipinski definition) is 2. The van der Waals surface area contributed by atoms with E-state index in [0.717, 1.165) is 8.95 Å². The molecule has 1 aliphatic heterocycles. The summed E-state index contributed by atoms with van der Waals surface area (Å²) in [6.07, 6.45) is 0. The normalized spacial score (nSPS) is 18.1. The van der Waals surface area contributed by atoms with E-state index in [1.54, 1.807) is 24.0 Å². The molecule has 5 heteroatoms. The van der Waals surface area contributed by atoms with Crippen molar-refractivity contribution >= 4 is 37.8 Å². The van der Waals surface area contributed by atoms with Crippen LogP contribution in [0, 0.1) is 0 Å². The molecule has 0 aromatic heterocycles. The highest BCUT2D eigenvalue weighted by Crippen LogP contribution is 2.25. The van der Waals surface area contributed by atoms with Crippen LogP contribution in [-0.4, -0.2) is 34.6 Å². The van der Waals surface area contributed by atoms with Gasteiger partial charge in [-0.2, -0.15) is 0 Å². The zero-order valence-electron chi connectivity index (χ0n) is 8.70. The lowest BCUT2D eigenvalue weighted by molar-refractivity contribution is -0.0668. The molecule has 2 rings (SSSR count). The third-order valence-corrected chi connectivity index (χ3v) is 3.38. The van der Waals surface area contributed by atoms with Crippen LogP contribution in [0.4, 0.5) is 0 Å². The molecule has 1 amide bonds. The van der Waals surface area contributed by atoms with Gasteiger partial charge >= 0.3 is 0 Å². The van der Waals surface area contributed by atoms with Crippen molar-refractivity contribution in [2.24, 2.45) is 0 Å². The van der Waals surface area contributed by atoms with Crippen molar-refractivity contribution < 1.29 is 9.90 Å². The Kier molecular flexibility index (Phi) is 3.11. The Bertz CT molecular complexity index is 417. The van der Waals surface area contributed by atoms with Gasteiger partial charge in [0.15, 0.2) is 0 Å². The number of rotatable bonds is 1. The second kappa shape index (κ2) is 4.13. The van der Waals surface area contributed by atoms with Gasteiger partial charge in [0.25, 0.3) is 5.91 Å². The number of hydrogen-bond donors (Lipinski definition) is 1. The maximum atomic E-state index is 12.0. The van der Waals surface area contributed by atoms with Crippen molar-refractivity contribution in [1.29, 1.82) is 0 Å². The number of aliphatic hydroxyl groups is 1. The summed E-state index contributed by atoms with van der Waals surface area (Å²) in [4.78, 5) is 13.6. The molecule has 1 heterocycles. The predicted octanol–water partition coefficient (Wildman–Crippen LogP) is 2.42. The van der Waals surface area contributed by atoms with Gasteiger partial charge in [-0.1, -0.05) is 31.9 Å². The molecule has 3 nitrogen and oxygen atoms in total. The first-order chi connectivity index (χ1) is 7.37. The SMILES string of the molecule is CC1(O)CN(C(=O)c2cc(Br)cc(Br)c2)C1. The maximum Gasteiger partial charge on any atom is 0.254 e. The van der Waals surface area contributed by atoms with Crippen LogP contribution in [0.2, 0.25) is 0 Å². The number of amides is 1. The molecule has 1 N–H and O–H groups in total. The largest absolute Gasteiger partial charge is 0.386 e. The van der Waals surface area contributed by atoms with Gasteiger partial charge in [0.05, 0.1) is 18.7 Å². The summed E-state index contributed by atoms with van der Waals surface area (Å²) in [5.74, 6) is -0.0477. The summed E-state index contributed by atoms with van der Waals surface area (Å²) in [6.45, 7) is 2.53. The second-order valence-corrected chi connectivity index (χ2v) is 6.15. The average Bonchev–Trinajstić information content (AvgIpc) is 2.11. The van der Waals surface area contributed by atoms with E-state index in [4.69, 9.17) is 0 Å². The van der Waals surface area contributed by atoms with Gasteiger partial charge in [-0.15, -0.1) is 0 Å². The monoisotopic (exact) mass is 347 g/mol. The Hall–Kier alpha value is -0.390. The predicted molar refractivity (Wildman–Crippen MR) is 68.4 cm³/mol. The lowest BCUT2D eigenvalue weighted by Crippen LogP contribution is -2.61. The summed E-state index contributed by atoms with van der Waals surface area (Å²) in [5, 5.41) is 9.58. The summed E-state index contributed by atoms with van der Waals surface area (Å²) < 4.78 is 1.72. The standard InChI is InChI=1S/C11H11Br2NO2/c1-11(16)5-14(6-11)10(15)7-2-8(12)4-9(13)3-7/h2-4,16H,5-6H2,1H3. The Labute approximate surface area is 111 Å². The molecule has 0 radical (unpaired) electrons. The summed E-state index contributed by atoms with van der Waals surface area (Å²) in [7, 11) is 0. The van der Waals surface area contributed by atoms with Crippen LogP contribution < -0.4 is 0 Å². The molecule has 1 aromatic carbocycles. The van der Waals surface area contributed by atoms with Crippen LogP contribution in [0.1, 0.15) is 17.3 Å². The minimum Gasteiger partial charge on any atom is -0.386 e. The minimum atomic E-state index is -0.723. The zero-order valence-corrected chi connectivity index (χ0v) is 11.9. The number of β-amino-alcohol motifs (C(OH)–C–C–N with tert-alkyl or cyclic N) is 1. The molecule has 0 bridgehead atoms. The van der Waals surface area contributed by atoms with Gasteiger partial charge in [0.2, 0.25) is 0 Å². The van der Waals surface area contributed by atoms with Gasteiger partial charge in [-0.05, 0) is 25.1 Å². The number of halogens is 2. The highest BCUT2D eigenvalue weighted by molar-refractivity contribution is 9.11. The molecular formula is C11H11Br2NO2. The molecular weight excluding hydrogens is 338 g/mol. The van der Waals surface area contributed by atoms with Gasteiger partial charge < -0.3 is 10.0 Å². The van der Waals surface area contributed by atoms with E-state index in [1.165, 1.54) is 0 Å². The van der Waals surface area contributed by atoms with Crippen molar-refractivity contribution in [3.63, 3.8) is 0 Å². The second-order valence-electron chi connectivity index (χ2n) is 4.32. The fourth-order valence-corrected chi connectivity index (χ4v) is 3.07. The van der Waals surface area contributed by atoms with Crippen molar-refractivity contribution in [2.75, 3.05) is 13.1 Å². The van der Waals surface area contributed by atoms with E-state index in [1.807, 2.05) is 6.07 Å². The third kappa shape index (κ3) is 2.47. The highest BCUT2D eigenvalue weighted by atomic mass is 79.9. The molecule has 1 aliphatic rings. The number of carbonyl (C=O) groups is 1. The lowest BCUT2D eigenvalue weighted by Gasteiger charge is -2.44. The van der Waals surface area contributed by atoms with Crippen LogP contribution in [0.15, 0.2) is 27.1 Å². The van der Waals surface area contributed by atoms with E-state index < -0.39 is 5.60 Å². The summed E-state index contributed by atoms with van der Waals surface area (Å²) in [5.41, 5.74) is -0.101. The van der Waals surface area contributed by atoms with Gasteiger partial charge in [0.1, 0.15) is 0 Å². The van der Waals surface area contributed by atoms with Crippen molar-refractivity contribution in [3.05, 3.63) is 32.7 Å². The fraction of sp³-hybridized carbons (Fsp3) is 0.364. The minimum absolute atomic E-state index is 0.0477. The number of nitrogens with zero attached hydrogens (tertiary/aromatic N) is 1. The van der Waals surface area contributed by atoms with E-state index >= 15 is 0 Å². The maximum absolute atomic E-state index is 12.0. The summed E-state index contributed by atoms with van der Waals surface area (Å²) in [6, 6.07) is 5.43. The fourth-order valence-electron chi connectivity index (χ4n) is 1.78. The molecule has 1 fully saturated rings. The topological polar surface area (TPSA) is 40.5 Å². The first kappa shape index (κ1) is 12.1. The number of carbonyl (C=O) groups excluding carboxylic acids is 1. The molecule has 0 saturated carbocycles. The first-order valence-electron chi connectivity index (χ1n) is 4.85. The van der Waals surface area contributed by atoms with E-state index in [0.29, 0.717) is 18.7 Å². The van der Waals surface area contributed by atoms with Crippen LogP contribution >= 0.6 is 31.9 Å². The molecule has 0 spiro atoms. The number of benzene rings is 1. The van der Waals surface area contributed by atoms with E-state index in [-0.39, 0.29) is 5.91 Å². The number of likely N-dealkylation sites (tertiary alicyclic amines) is 1. The highest BCUT2D eigenvalue weighted by Gasteiger charge is 2.39. The Morgan fingerprint density at radius 1 is 1.31 bits per heavy atom. The average molecular weight is 349 g/mol. The van der Waals surface area contributed by atoms with Crippen LogP contribution in [0.3, 0.4) is 0 Å². The van der Waals surface area contributed by atoms with Crippen LogP contribution in [0.25, 0.3) is 0 Å². The Balaban J connectivity index is 2.16. The molecule has 0 aliphatic carbocycles. The van der Waals surface area contributed by atoms with E-state index in [2.05, 4.69) is 31.9 Å². The van der Waals surface area contributed by atoms with Crippen molar-refractivity contribution in [1.82, 2.24) is 4.90 Å². The molecule has 1 aromatic rings. The van der Waals surface area contributed by atoms with Gasteiger partial charge in [-0.25, -0.2) is 0 Å². The van der Waals surface area contributed by atoms with E-state index in [9.17, 15) is 9.90 Å². The zero-order chi connectivity index (χ0) is 11.9. The Morgan fingerprint density at radius 2 is 1.81 bits per heavy atom. The molecule has 0 unspecified atom stereocenters. The van der Waals surface area contributed by atoms with Crippen molar-refractivity contribution in [2.45, 2.75) is 12.5 Å². The third-order valence-electron chi connectivity index (χ3n) is 2.46. The molecule has 1 saturated heterocycles. The lowest BCUT2D eigenvalue weighted by atomic mass is 9.96. The Morgan fingerprint density at radius 3 is 2.25 bits per heavy atom. The van der Waals surface area contributed by atoms with Crippen LogP contribution in [0.5, 0.6) is 0 Å².